The van der Waals surface area contributed by atoms with Gasteiger partial charge in [-0.1, -0.05) is 36.4 Å². The van der Waals surface area contributed by atoms with E-state index in [4.69, 9.17) is 61.6 Å². The van der Waals surface area contributed by atoms with E-state index in [1.807, 2.05) is 0 Å². The number of methoxy groups -OCH3 is 1. The van der Waals surface area contributed by atoms with E-state index in [9.17, 15) is 80.1 Å². The molecule has 0 amide bonds. The van der Waals surface area contributed by atoms with E-state index in [1.165, 1.54) is 86.0 Å². The SMILES string of the molecule is COc1cc(/C=C/C(=O)OC[C@@]2(O[C@H]3O[C@H](COC(C)=O)[C@@H](OC(=O)/C=C/c4ccc(O)cc4)[C@H](O[C@@H]4O[C@H](COC(C)=O)[C@@H](O)[C@H](O)[C@H]4O)[C@H]3O[C@@H]3O[C@H](CO)[C@@H](O)[C@H](O)[C@H]3O)O[C@H](CO)[C@@H](O)[C@@H]2OC(=O)c2ccccc2)ccc1O. The molecule has 3 aromatic carbocycles. The Morgan fingerprint density at radius 1 is 0.566 bits per heavy atom. The molecule has 19 atom stereocenters. The summed E-state index contributed by atoms with van der Waals surface area (Å²) in [5.41, 5.74) is 0.528. The van der Waals surface area contributed by atoms with Gasteiger partial charge in [-0.3, -0.25) is 9.59 Å². The van der Waals surface area contributed by atoms with Gasteiger partial charge in [0.15, 0.2) is 42.6 Å². The number of carbonyl (C=O) groups is 5. The molecule has 29 nitrogen and oxygen atoms in total. The zero-order valence-electron chi connectivity index (χ0n) is 44.4. The van der Waals surface area contributed by atoms with E-state index < -0.39 is 179 Å². The molecule has 4 heterocycles. The molecule has 3 aromatic rings. The Labute approximate surface area is 471 Å². The fourth-order valence-electron chi connectivity index (χ4n) is 9.06. The fraction of sp³-hybridized carbons (Fsp3) is 0.500. The molecule has 0 bridgehead atoms. The van der Waals surface area contributed by atoms with E-state index in [0.29, 0.717) is 11.1 Å². The molecule has 0 aliphatic carbocycles. The average molecular weight is 1180 g/mol. The maximum atomic E-state index is 14.1. The first-order valence-corrected chi connectivity index (χ1v) is 25.6. The predicted octanol–water partition coefficient (Wildman–Crippen LogP) is -2.79. The Hall–Kier alpha value is -6.75. The quantitative estimate of drug-likeness (QED) is 0.0275. The first kappa shape index (κ1) is 63.8. The van der Waals surface area contributed by atoms with Crippen LogP contribution in [0.15, 0.2) is 84.9 Å². The van der Waals surface area contributed by atoms with Crippen molar-refractivity contribution in [3.05, 3.63) is 102 Å². The lowest BCUT2D eigenvalue weighted by atomic mass is 9.95. The minimum Gasteiger partial charge on any atom is -0.508 e. The second kappa shape index (κ2) is 28.7. The van der Waals surface area contributed by atoms with Crippen molar-refractivity contribution < 1.29 is 142 Å². The van der Waals surface area contributed by atoms with Crippen molar-refractivity contribution in [2.75, 3.05) is 40.1 Å². The molecule has 11 N–H and O–H groups in total. The summed E-state index contributed by atoms with van der Waals surface area (Å²) < 4.78 is 76.5. The number of ether oxygens (including phenoxy) is 13. The monoisotopic (exact) mass is 1180 g/mol. The summed E-state index contributed by atoms with van der Waals surface area (Å²) in [6.45, 7) is -3.04. The predicted molar refractivity (Wildman–Crippen MR) is 271 cm³/mol. The fourth-order valence-corrected chi connectivity index (χ4v) is 9.06. The lowest BCUT2D eigenvalue weighted by molar-refractivity contribution is -0.421. The smallest absolute Gasteiger partial charge is 0.338 e. The number of rotatable bonds is 22. The molecular weight excluding hydrogens is 1110 g/mol. The first-order chi connectivity index (χ1) is 39.6. The van der Waals surface area contributed by atoms with Crippen molar-refractivity contribution in [2.45, 2.75) is 130 Å². The van der Waals surface area contributed by atoms with Crippen molar-refractivity contribution in [2.24, 2.45) is 0 Å². The van der Waals surface area contributed by atoms with E-state index in [2.05, 4.69) is 0 Å². The number of benzene rings is 3. The number of carbonyl (C=O) groups excluding carboxylic acids is 5. The maximum absolute atomic E-state index is 14.1. The number of phenolic OH excluding ortho intramolecular Hbond substituents is 2. The van der Waals surface area contributed by atoms with E-state index >= 15 is 0 Å². The van der Waals surface area contributed by atoms with E-state index in [1.54, 1.807) is 6.07 Å². The number of esters is 5. The van der Waals surface area contributed by atoms with Crippen molar-refractivity contribution in [3.8, 4) is 17.2 Å². The zero-order valence-corrected chi connectivity index (χ0v) is 44.4. The second-order valence-electron chi connectivity index (χ2n) is 19.2. The molecule has 29 heteroatoms. The average Bonchev–Trinajstić information content (AvgIpc) is 4.00. The molecule has 454 valence electrons. The Morgan fingerprint density at radius 3 is 1.73 bits per heavy atom. The summed E-state index contributed by atoms with van der Waals surface area (Å²) in [5, 5.41) is 120. The molecule has 0 unspecified atom stereocenters. The van der Waals surface area contributed by atoms with Crippen LogP contribution in [0.4, 0.5) is 0 Å². The van der Waals surface area contributed by atoms with Gasteiger partial charge in [0.25, 0.3) is 0 Å². The third-order valence-corrected chi connectivity index (χ3v) is 13.4. The Kier molecular flexibility index (Phi) is 22.1. The molecule has 7 rings (SSSR count). The number of phenols is 2. The lowest BCUT2D eigenvalue weighted by Crippen LogP contribution is -2.69. The molecule has 0 radical (unpaired) electrons. The molecule has 83 heavy (non-hydrogen) atoms. The van der Waals surface area contributed by atoms with Gasteiger partial charge in [-0.15, -0.1) is 0 Å². The second-order valence-corrected chi connectivity index (χ2v) is 19.2. The summed E-state index contributed by atoms with van der Waals surface area (Å²) in [4.78, 5) is 66.3. The first-order valence-electron chi connectivity index (χ1n) is 25.6. The van der Waals surface area contributed by atoms with Gasteiger partial charge in [-0.05, 0) is 59.7 Å². The third-order valence-electron chi connectivity index (χ3n) is 13.4. The van der Waals surface area contributed by atoms with Crippen LogP contribution >= 0.6 is 0 Å². The number of hydrogen-bond donors (Lipinski definition) is 11. The van der Waals surface area contributed by atoms with Crippen LogP contribution < -0.4 is 4.74 Å². The van der Waals surface area contributed by atoms with Gasteiger partial charge in [0, 0.05) is 26.0 Å². The van der Waals surface area contributed by atoms with E-state index in [0.717, 1.165) is 26.0 Å². The van der Waals surface area contributed by atoms with Crippen molar-refractivity contribution in [1.82, 2.24) is 0 Å². The Balaban J connectivity index is 1.39. The van der Waals surface area contributed by atoms with Crippen LogP contribution in [-0.4, -0.2) is 242 Å². The van der Waals surface area contributed by atoms with Gasteiger partial charge in [-0.2, -0.15) is 0 Å². The minimum absolute atomic E-state index is 0.0317. The minimum atomic E-state index is -2.94. The van der Waals surface area contributed by atoms with Crippen molar-refractivity contribution in [1.29, 1.82) is 0 Å². The van der Waals surface area contributed by atoms with Crippen LogP contribution in [0.5, 0.6) is 17.2 Å². The van der Waals surface area contributed by atoms with Crippen molar-refractivity contribution >= 4 is 42.0 Å². The topological polar surface area (TPSA) is 428 Å². The van der Waals surface area contributed by atoms with Crippen LogP contribution in [0, 0.1) is 0 Å². The largest absolute Gasteiger partial charge is 0.508 e. The van der Waals surface area contributed by atoms with Gasteiger partial charge in [-0.25, -0.2) is 14.4 Å². The summed E-state index contributed by atoms with van der Waals surface area (Å²) in [7, 11) is 1.28. The number of hydrogen-bond acceptors (Lipinski definition) is 29. The van der Waals surface area contributed by atoms with Crippen LogP contribution in [-0.2, 0) is 76.0 Å². The van der Waals surface area contributed by atoms with Crippen LogP contribution in [0.1, 0.15) is 35.3 Å². The molecule has 4 saturated heterocycles. The molecular formula is C54H64O29. The van der Waals surface area contributed by atoms with Gasteiger partial charge in [0.1, 0.15) is 105 Å². The Bertz CT molecular complexity index is 2720. The van der Waals surface area contributed by atoms with Crippen LogP contribution in [0.25, 0.3) is 12.2 Å². The van der Waals surface area contributed by atoms with Crippen molar-refractivity contribution in [3.63, 3.8) is 0 Å². The summed E-state index contributed by atoms with van der Waals surface area (Å²) in [6.07, 6.45) is -33.7. The summed E-state index contributed by atoms with van der Waals surface area (Å²) >= 11 is 0. The highest BCUT2D eigenvalue weighted by atomic mass is 16.8. The van der Waals surface area contributed by atoms with Crippen LogP contribution in [0.2, 0.25) is 0 Å². The summed E-state index contributed by atoms with van der Waals surface area (Å²) in [5.74, 6) is -8.69. The molecule has 4 aliphatic heterocycles. The highest BCUT2D eigenvalue weighted by Crippen LogP contribution is 2.42. The number of aliphatic hydroxyl groups excluding tert-OH is 9. The summed E-state index contributed by atoms with van der Waals surface area (Å²) in [6, 6.07) is 16.6. The molecule has 4 aliphatic rings. The standard InChI is InChI=1S/C54H64O29/c1-25(57)72-22-35-40(64)43(67)45(69)52(76-35)79-47-46(78-38(62)18-12-27-9-14-30(59)15-10-27)36(23-73-26(2)58)77-53(48(47)80-51-44(68)42(66)39(63)33(20-55)75-51)83-54(24-74-37(61)17-13-28-11-16-31(60)32(19-28)71-3)49(41(65)34(21-56)82-54)81-50(70)29-7-5-4-6-8-29/h4-19,33-36,39-49,51-53,55-56,59-60,63-69H,20-24H2,1-3H3/b17-13+,18-12+/t33-,34-,35-,36-,39-,40-,41-,42+,43+,44-,45-,46-,47+,48-,49+,51+,52+,53-,54+/m1/s1. The van der Waals surface area contributed by atoms with Crippen LogP contribution in [0.3, 0.4) is 0 Å². The third kappa shape index (κ3) is 15.7. The van der Waals surface area contributed by atoms with Gasteiger partial charge < -0.3 is 118 Å². The highest BCUT2D eigenvalue weighted by Gasteiger charge is 2.64. The van der Waals surface area contributed by atoms with E-state index in [-0.39, 0.29) is 22.8 Å². The molecule has 0 aromatic heterocycles. The molecule has 0 saturated carbocycles. The molecule has 0 spiro atoms. The maximum Gasteiger partial charge on any atom is 0.338 e. The molecule has 4 fully saturated rings. The Morgan fingerprint density at radius 2 is 1.12 bits per heavy atom. The number of aromatic hydroxyl groups is 2. The normalized spacial score (nSPS) is 33.5. The van der Waals surface area contributed by atoms with Gasteiger partial charge >= 0.3 is 29.8 Å². The highest BCUT2D eigenvalue weighted by molar-refractivity contribution is 5.90. The van der Waals surface area contributed by atoms with Gasteiger partial charge in [0.2, 0.25) is 5.79 Å². The number of aliphatic hydroxyl groups is 9. The van der Waals surface area contributed by atoms with Gasteiger partial charge in [0.05, 0.1) is 25.9 Å². The lowest BCUT2D eigenvalue weighted by Gasteiger charge is -2.50. The zero-order chi connectivity index (χ0) is 60.3.